The summed E-state index contributed by atoms with van der Waals surface area (Å²) in [5.74, 6) is 0.0433. The predicted molar refractivity (Wildman–Crippen MR) is 73.5 cm³/mol. The van der Waals surface area contributed by atoms with Gasteiger partial charge in [-0.2, -0.15) is 11.8 Å². The van der Waals surface area contributed by atoms with Gasteiger partial charge in [0.05, 0.1) is 0 Å². The first kappa shape index (κ1) is 14.1. The van der Waals surface area contributed by atoms with Gasteiger partial charge in [0, 0.05) is 24.0 Å². The van der Waals surface area contributed by atoms with E-state index in [1.807, 2.05) is 37.4 Å². The Labute approximate surface area is 107 Å². The van der Waals surface area contributed by atoms with Gasteiger partial charge < -0.3 is 10.4 Å². The number of benzene rings is 1. The number of thioether (sulfide) groups is 1. The first-order chi connectivity index (χ1) is 8.15. The topological polar surface area (TPSA) is 49.3 Å². The van der Waals surface area contributed by atoms with Gasteiger partial charge in [0.15, 0.2) is 0 Å². The van der Waals surface area contributed by atoms with E-state index < -0.39 is 0 Å². The molecule has 0 bridgehead atoms. The van der Waals surface area contributed by atoms with E-state index in [4.69, 9.17) is 5.11 Å². The van der Waals surface area contributed by atoms with Crippen LogP contribution in [0.1, 0.15) is 18.9 Å². The predicted octanol–water partition coefficient (Wildman–Crippen LogP) is 2.30. The lowest BCUT2D eigenvalue weighted by Crippen LogP contribution is -2.15. The van der Waals surface area contributed by atoms with Crippen LogP contribution >= 0.6 is 11.8 Å². The molecule has 1 rings (SSSR count). The number of aliphatic hydroxyl groups is 1. The molecule has 0 radical (unpaired) electrons. The third-order valence-electron chi connectivity index (χ3n) is 2.51. The zero-order valence-corrected chi connectivity index (χ0v) is 11.1. The smallest absolute Gasteiger partial charge is 0.225 e. The maximum atomic E-state index is 11.6. The molecule has 0 saturated heterocycles. The van der Waals surface area contributed by atoms with Gasteiger partial charge in [-0.05, 0) is 30.4 Å². The molecule has 94 valence electrons. The minimum Gasteiger partial charge on any atom is -0.396 e. The molecule has 0 fully saturated rings. The van der Waals surface area contributed by atoms with Gasteiger partial charge in [-0.15, -0.1) is 0 Å². The summed E-state index contributed by atoms with van der Waals surface area (Å²) in [6.07, 6.45) is 3.18. The maximum Gasteiger partial charge on any atom is 0.225 e. The van der Waals surface area contributed by atoms with Gasteiger partial charge in [-0.25, -0.2) is 0 Å². The van der Waals surface area contributed by atoms with Gasteiger partial charge in [-0.1, -0.05) is 19.1 Å². The van der Waals surface area contributed by atoms with Crippen LogP contribution in [0.2, 0.25) is 0 Å². The lowest BCUT2D eigenvalue weighted by molar-refractivity contribution is -0.116. The van der Waals surface area contributed by atoms with Crippen molar-refractivity contribution in [3.05, 3.63) is 29.8 Å². The van der Waals surface area contributed by atoms with Gasteiger partial charge in [0.1, 0.15) is 0 Å². The SMILES string of the molecule is CSC(C)CC(=O)Nc1ccc(CCO)cc1. The lowest BCUT2D eigenvalue weighted by Gasteiger charge is -2.09. The molecule has 0 aliphatic carbocycles. The van der Waals surface area contributed by atoms with E-state index in [2.05, 4.69) is 5.32 Å². The molecule has 1 aromatic rings. The van der Waals surface area contributed by atoms with Crippen LogP contribution in [-0.2, 0) is 11.2 Å². The van der Waals surface area contributed by atoms with Crippen molar-refractivity contribution in [2.45, 2.75) is 25.0 Å². The van der Waals surface area contributed by atoms with Crippen molar-refractivity contribution >= 4 is 23.4 Å². The highest BCUT2D eigenvalue weighted by atomic mass is 32.2. The third kappa shape index (κ3) is 5.24. The quantitative estimate of drug-likeness (QED) is 0.818. The fourth-order valence-corrected chi connectivity index (χ4v) is 1.76. The molecule has 0 aliphatic rings. The highest BCUT2D eigenvalue weighted by Crippen LogP contribution is 2.13. The van der Waals surface area contributed by atoms with E-state index in [0.717, 1.165) is 11.3 Å². The molecule has 3 nitrogen and oxygen atoms in total. The Morgan fingerprint density at radius 2 is 2.06 bits per heavy atom. The summed E-state index contributed by atoms with van der Waals surface area (Å²) >= 11 is 1.68. The van der Waals surface area contributed by atoms with Crippen LogP contribution < -0.4 is 5.32 Å². The van der Waals surface area contributed by atoms with Crippen molar-refractivity contribution in [1.29, 1.82) is 0 Å². The first-order valence-electron chi connectivity index (χ1n) is 5.68. The normalized spacial score (nSPS) is 12.2. The lowest BCUT2D eigenvalue weighted by atomic mass is 10.1. The number of carbonyl (C=O) groups excluding carboxylic acids is 1. The number of anilines is 1. The van der Waals surface area contributed by atoms with Gasteiger partial charge >= 0.3 is 0 Å². The molecule has 1 aromatic carbocycles. The molecular formula is C13H19NO2S. The molecule has 0 spiro atoms. The molecule has 17 heavy (non-hydrogen) atoms. The minimum absolute atomic E-state index is 0.0433. The van der Waals surface area contributed by atoms with Crippen LogP contribution in [0.25, 0.3) is 0 Å². The molecule has 1 amide bonds. The number of amides is 1. The highest BCUT2D eigenvalue weighted by Gasteiger charge is 2.07. The van der Waals surface area contributed by atoms with Crippen molar-refractivity contribution < 1.29 is 9.90 Å². The molecule has 4 heteroatoms. The van der Waals surface area contributed by atoms with Crippen LogP contribution in [0.5, 0.6) is 0 Å². The van der Waals surface area contributed by atoms with Crippen molar-refractivity contribution in [3.8, 4) is 0 Å². The Hall–Kier alpha value is -1.00. The van der Waals surface area contributed by atoms with Crippen LogP contribution in [0, 0.1) is 0 Å². The van der Waals surface area contributed by atoms with E-state index in [1.54, 1.807) is 11.8 Å². The molecule has 0 aromatic heterocycles. The van der Waals surface area contributed by atoms with Crippen molar-refractivity contribution in [3.63, 3.8) is 0 Å². The van der Waals surface area contributed by atoms with E-state index in [9.17, 15) is 4.79 Å². The van der Waals surface area contributed by atoms with Gasteiger partial charge in [0.2, 0.25) is 5.91 Å². The van der Waals surface area contributed by atoms with Crippen LogP contribution in [0.15, 0.2) is 24.3 Å². The molecule has 0 aliphatic heterocycles. The number of hydrogen-bond acceptors (Lipinski definition) is 3. The zero-order valence-electron chi connectivity index (χ0n) is 10.3. The van der Waals surface area contributed by atoms with Crippen molar-refractivity contribution in [1.82, 2.24) is 0 Å². The number of hydrogen-bond donors (Lipinski definition) is 2. The van der Waals surface area contributed by atoms with E-state index in [1.165, 1.54) is 0 Å². The summed E-state index contributed by atoms with van der Waals surface area (Å²) in [5.41, 5.74) is 1.88. The van der Waals surface area contributed by atoms with Crippen molar-refractivity contribution in [2.24, 2.45) is 0 Å². The summed E-state index contributed by atoms with van der Waals surface area (Å²) in [6, 6.07) is 7.58. The fraction of sp³-hybridized carbons (Fsp3) is 0.462. The second-order valence-electron chi connectivity index (χ2n) is 3.97. The molecule has 1 unspecified atom stereocenters. The molecule has 0 saturated carbocycles. The van der Waals surface area contributed by atoms with Crippen LogP contribution in [0.4, 0.5) is 5.69 Å². The number of carbonyl (C=O) groups is 1. The summed E-state index contributed by atoms with van der Waals surface area (Å²) in [4.78, 5) is 11.6. The first-order valence-corrected chi connectivity index (χ1v) is 6.97. The standard InChI is InChI=1S/C13H19NO2S/c1-10(17-2)9-13(16)14-12-5-3-11(4-6-12)7-8-15/h3-6,10,15H,7-9H2,1-2H3,(H,14,16). The average Bonchev–Trinajstić information content (AvgIpc) is 2.31. The Kier molecular flexibility index (Phi) is 6.08. The van der Waals surface area contributed by atoms with Crippen molar-refractivity contribution in [2.75, 3.05) is 18.2 Å². The molecule has 2 N–H and O–H groups in total. The van der Waals surface area contributed by atoms with Crippen LogP contribution in [0.3, 0.4) is 0 Å². The Bertz CT molecular complexity index is 351. The summed E-state index contributed by atoms with van der Waals surface area (Å²) in [5, 5.41) is 12.0. The second kappa shape index (κ2) is 7.35. The van der Waals surface area contributed by atoms with Gasteiger partial charge in [-0.3, -0.25) is 4.79 Å². The highest BCUT2D eigenvalue weighted by molar-refractivity contribution is 7.99. The van der Waals surface area contributed by atoms with Gasteiger partial charge in [0.25, 0.3) is 0 Å². The molecule has 1 atom stereocenters. The van der Waals surface area contributed by atoms with E-state index >= 15 is 0 Å². The number of aliphatic hydroxyl groups excluding tert-OH is 1. The maximum absolute atomic E-state index is 11.6. The Balaban J connectivity index is 2.48. The average molecular weight is 253 g/mol. The van der Waals surface area contributed by atoms with E-state index in [-0.39, 0.29) is 12.5 Å². The number of rotatable bonds is 6. The zero-order chi connectivity index (χ0) is 12.7. The monoisotopic (exact) mass is 253 g/mol. The fourth-order valence-electron chi connectivity index (χ4n) is 1.44. The summed E-state index contributed by atoms with van der Waals surface area (Å²) < 4.78 is 0. The Morgan fingerprint density at radius 3 is 2.59 bits per heavy atom. The third-order valence-corrected chi connectivity index (χ3v) is 3.48. The minimum atomic E-state index is 0.0433. The van der Waals surface area contributed by atoms with Crippen LogP contribution in [-0.4, -0.2) is 29.1 Å². The summed E-state index contributed by atoms with van der Waals surface area (Å²) in [7, 11) is 0. The van der Waals surface area contributed by atoms with E-state index in [0.29, 0.717) is 18.1 Å². The number of nitrogens with one attached hydrogen (secondary N) is 1. The Morgan fingerprint density at radius 1 is 1.41 bits per heavy atom. The molecular weight excluding hydrogens is 234 g/mol. The molecule has 0 heterocycles. The second-order valence-corrected chi connectivity index (χ2v) is 5.25. The summed E-state index contributed by atoms with van der Waals surface area (Å²) in [6.45, 7) is 2.19. The largest absolute Gasteiger partial charge is 0.396 e.